The minimum absolute atomic E-state index is 0.584. The molecule has 0 fully saturated rings. The summed E-state index contributed by atoms with van der Waals surface area (Å²) in [5.41, 5.74) is 10.4. The number of hydrogen-bond acceptors (Lipinski definition) is 17. The Bertz CT molecular complexity index is 3800. The number of rotatable bonds is 24. The maximum Gasteiger partial charge on any atom is 0.132 e. The van der Waals surface area contributed by atoms with E-state index in [1.807, 2.05) is 79.4 Å². The van der Waals surface area contributed by atoms with Crippen LogP contribution >= 0.6 is 103 Å². The number of fused-ring (bicyclic) bond motifs is 9. The topological polar surface area (TPSA) is 88.8 Å². The van der Waals surface area contributed by atoms with Crippen LogP contribution in [0.3, 0.4) is 0 Å². The zero-order valence-corrected chi connectivity index (χ0v) is 50.3. The van der Waals surface area contributed by atoms with Gasteiger partial charge in [-0.1, -0.05) is 86.5 Å². The van der Waals surface area contributed by atoms with E-state index in [4.69, 9.17) is 27.5 Å². The number of aromatic nitrogens is 7. The first-order valence-electron chi connectivity index (χ1n) is 26.7. The predicted molar refractivity (Wildman–Crippen MR) is 334 cm³/mol. The van der Waals surface area contributed by atoms with E-state index in [1.165, 1.54) is 162 Å². The van der Waals surface area contributed by atoms with E-state index in [1.54, 1.807) is 0 Å². The van der Waals surface area contributed by atoms with Gasteiger partial charge >= 0.3 is 0 Å². The van der Waals surface area contributed by atoms with Gasteiger partial charge in [0.15, 0.2) is 0 Å². The molecule has 0 saturated carbocycles. The van der Waals surface area contributed by atoms with Gasteiger partial charge in [-0.25, -0.2) is 0 Å². The second-order valence-electron chi connectivity index (χ2n) is 19.6. The van der Waals surface area contributed by atoms with Crippen molar-refractivity contribution in [2.45, 2.75) is 125 Å². The summed E-state index contributed by atoms with van der Waals surface area (Å²) in [7, 11) is 0. The van der Waals surface area contributed by atoms with Gasteiger partial charge in [0.2, 0.25) is 0 Å². The molecule has 12 aromatic rings. The van der Waals surface area contributed by atoms with E-state index in [0.29, 0.717) is 5.92 Å². The van der Waals surface area contributed by atoms with Crippen LogP contribution in [0, 0.1) is 5.92 Å². The Balaban J connectivity index is 0.882. The lowest BCUT2D eigenvalue weighted by molar-refractivity contribution is 0.401. The molecular weight excluding hydrogens is 1090 g/mol. The average molecular weight is 1150 g/mol. The largest absolute Gasteiger partial charge is 0.363 e. The van der Waals surface area contributed by atoms with Crippen LogP contribution in [0.25, 0.3) is 113 Å². The number of anilines is 2. The molecule has 1 unspecified atom stereocenters. The second-order valence-corrected chi connectivity index (χ2v) is 28.1. The van der Waals surface area contributed by atoms with Crippen LogP contribution in [0.4, 0.5) is 10.0 Å². The highest BCUT2D eigenvalue weighted by Gasteiger charge is 2.27. The van der Waals surface area contributed by atoms with E-state index >= 15 is 0 Å². The fourth-order valence-corrected chi connectivity index (χ4v) is 20.3. The first-order chi connectivity index (χ1) is 36.4. The number of thiophene rings is 7. The molecular formula is C56H61N9S9. The van der Waals surface area contributed by atoms with Crippen molar-refractivity contribution in [3.05, 3.63) is 48.8 Å². The molecule has 12 aromatic heterocycles. The molecule has 0 radical (unpaired) electrons. The molecule has 18 heteroatoms. The Labute approximate surface area is 469 Å². The lowest BCUT2D eigenvalue weighted by Crippen LogP contribution is -2.24. The highest BCUT2D eigenvalue weighted by atomic mass is 32.1. The molecule has 1 atom stereocenters. The third-order valence-corrected chi connectivity index (χ3v) is 24.1. The Hall–Kier alpha value is -3.98. The van der Waals surface area contributed by atoms with Gasteiger partial charge in [0.05, 0.1) is 68.3 Å². The summed E-state index contributed by atoms with van der Waals surface area (Å²) in [5.74, 6) is 0.584. The van der Waals surface area contributed by atoms with Gasteiger partial charge in [-0.2, -0.15) is 17.5 Å². The van der Waals surface area contributed by atoms with E-state index < -0.39 is 0 Å². The third-order valence-electron chi connectivity index (χ3n) is 14.5. The van der Waals surface area contributed by atoms with Gasteiger partial charge in [-0.15, -0.1) is 79.4 Å². The van der Waals surface area contributed by atoms with Crippen molar-refractivity contribution >= 4 is 184 Å². The molecule has 0 aliphatic heterocycles. The fraction of sp³-hybridized carbons (Fsp3) is 0.429. The van der Waals surface area contributed by atoms with Crippen LogP contribution in [-0.2, 0) is 6.54 Å². The molecule has 0 aliphatic rings. The molecule has 74 heavy (non-hydrogen) atoms. The highest BCUT2D eigenvalue weighted by Crippen LogP contribution is 2.52. The van der Waals surface area contributed by atoms with Gasteiger partial charge < -0.3 is 14.4 Å². The summed E-state index contributed by atoms with van der Waals surface area (Å²) in [6, 6.07) is 14.3. The quantitative estimate of drug-likeness (QED) is 0.0591. The molecule has 0 spiro atoms. The first-order valence-corrected chi connectivity index (χ1v) is 33.9. The van der Waals surface area contributed by atoms with Crippen LogP contribution in [0.5, 0.6) is 0 Å². The SMILES string of the molecule is CCCCC(CC)Cn1c2cc(-c3ncc(-c4cc5sc(N(CCCC)CCCC)cc5s4)c4nsnc34)sc2c2sc3cc(-c4ncc(-c5cc6sc(N(CCCC)CCCC)cc6s5)c5nsnc45)sc3c21. The Morgan fingerprint density at radius 1 is 0.459 bits per heavy atom. The molecule has 0 aromatic carbocycles. The standard InChI is InChI=1S/C56H61N9S9/c1-7-13-18-32(12-6)31-65-35-23-42(49-51-47(59-73-61-51)33(29-57-49)36-24-38-40(66-36)27-45(68-38)63(19-14-8-2)20-15-9-3)70-54(35)56-53(65)55-44(72-56)26-43(71-55)50-52-48(60-74-62-52)34(30-58-50)37-25-39-41(67-37)28-46(69-39)64(21-16-10-4)22-17-11-5/h23-30,32H,7-22,31H2,1-6H3. The van der Waals surface area contributed by atoms with E-state index in [9.17, 15) is 0 Å². The minimum Gasteiger partial charge on any atom is -0.363 e. The summed E-state index contributed by atoms with van der Waals surface area (Å²) < 4.78 is 33.1. The first kappa shape index (κ1) is 50.8. The van der Waals surface area contributed by atoms with Crippen molar-refractivity contribution < 1.29 is 0 Å². The third kappa shape index (κ3) is 9.43. The molecule has 0 aliphatic carbocycles. The fourth-order valence-electron chi connectivity index (χ4n) is 10.3. The van der Waals surface area contributed by atoms with Gasteiger partial charge in [0.25, 0.3) is 0 Å². The average Bonchev–Trinajstić information content (AvgIpc) is 4.25. The summed E-state index contributed by atoms with van der Waals surface area (Å²) in [6.07, 6.45) is 18.7. The Kier molecular flexibility index (Phi) is 15.2. The summed E-state index contributed by atoms with van der Waals surface area (Å²) in [6.45, 7) is 19.3. The van der Waals surface area contributed by atoms with Crippen LogP contribution in [0.1, 0.15) is 119 Å². The lowest BCUT2D eigenvalue weighted by atomic mass is 9.99. The van der Waals surface area contributed by atoms with Crippen molar-refractivity contribution in [3.8, 4) is 42.0 Å². The van der Waals surface area contributed by atoms with Gasteiger partial charge in [0, 0.05) is 89.5 Å². The zero-order chi connectivity index (χ0) is 50.5. The molecule has 9 nitrogen and oxygen atoms in total. The number of unbranched alkanes of at least 4 members (excludes halogenated alkanes) is 5. The Morgan fingerprint density at radius 2 is 0.932 bits per heavy atom. The predicted octanol–water partition coefficient (Wildman–Crippen LogP) is 20.2. The molecule has 384 valence electrons. The lowest BCUT2D eigenvalue weighted by Gasteiger charge is -2.22. The number of hydrogen-bond donors (Lipinski definition) is 0. The molecule has 0 saturated heterocycles. The zero-order valence-electron chi connectivity index (χ0n) is 42.9. The van der Waals surface area contributed by atoms with Crippen LogP contribution < -0.4 is 9.80 Å². The van der Waals surface area contributed by atoms with E-state index in [-0.39, 0.29) is 0 Å². The Morgan fingerprint density at radius 3 is 1.43 bits per heavy atom. The van der Waals surface area contributed by atoms with Crippen molar-refractivity contribution in [2.75, 3.05) is 36.0 Å². The second kappa shape index (κ2) is 22.2. The summed E-state index contributed by atoms with van der Waals surface area (Å²) in [5, 5.41) is 2.79. The molecule has 0 amide bonds. The van der Waals surface area contributed by atoms with Gasteiger partial charge in [-0.05, 0) is 74.4 Å². The number of nitrogens with zero attached hydrogens (tertiary/aromatic N) is 9. The smallest absolute Gasteiger partial charge is 0.132 e. The highest BCUT2D eigenvalue weighted by molar-refractivity contribution is 7.37. The van der Waals surface area contributed by atoms with Gasteiger partial charge in [-0.3, -0.25) is 9.97 Å². The molecule has 0 N–H and O–H groups in total. The van der Waals surface area contributed by atoms with Gasteiger partial charge in [0.1, 0.15) is 33.5 Å². The van der Waals surface area contributed by atoms with Crippen molar-refractivity contribution in [1.82, 2.24) is 32.0 Å². The van der Waals surface area contributed by atoms with E-state index in [2.05, 4.69) is 105 Å². The van der Waals surface area contributed by atoms with Crippen molar-refractivity contribution in [2.24, 2.45) is 5.92 Å². The van der Waals surface area contributed by atoms with Crippen LogP contribution in [-0.4, -0.2) is 58.2 Å². The monoisotopic (exact) mass is 1150 g/mol. The maximum absolute atomic E-state index is 5.25. The van der Waals surface area contributed by atoms with E-state index in [0.717, 1.165) is 93.5 Å². The van der Waals surface area contributed by atoms with Crippen LogP contribution in [0.15, 0.2) is 48.8 Å². The van der Waals surface area contributed by atoms with Crippen LogP contribution in [0.2, 0.25) is 0 Å². The summed E-state index contributed by atoms with van der Waals surface area (Å²) in [4.78, 5) is 20.4. The molecule has 12 heterocycles. The molecule has 12 rings (SSSR count). The number of pyridine rings is 2. The summed E-state index contributed by atoms with van der Waals surface area (Å²) >= 11 is 15.8. The normalized spacial score (nSPS) is 12.8. The van der Waals surface area contributed by atoms with Crippen molar-refractivity contribution in [3.63, 3.8) is 0 Å². The molecule has 0 bridgehead atoms. The van der Waals surface area contributed by atoms with Crippen molar-refractivity contribution in [1.29, 1.82) is 0 Å². The minimum atomic E-state index is 0.584. The maximum atomic E-state index is 5.25.